The molecule has 4 aliphatic rings. The second-order valence-corrected chi connectivity index (χ2v) is 9.06. The van der Waals surface area contributed by atoms with Gasteiger partial charge in [0, 0.05) is 22.1 Å². The molecule has 1 spiro atoms. The van der Waals surface area contributed by atoms with Crippen molar-refractivity contribution in [3.63, 3.8) is 0 Å². The standard InChI is InChI=1S/C21H23Cl2NO2/c1-3-15(22)18(16(23)4-2)19-13(20(26-24-19)11-5-6-11)10-25-17-7-12-8-21(12)9-14(17)21/h3-4,11-12,14,17H,1,5-10H2,2H3/b16-4+,18-15-/t12?,14?,17?,21-/m1/s1. The third-order valence-corrected chi connectivity index (χ3v) is 7.53. The van der Waals surface area contributed by atoms with Gasteiger partial charge in [-0.1, -0.05) is 41.0 Å². The van der Waals surface area contributed by atoms with E-state index in [1.54, 1.807) is 6.08 Å². The molecule has 138 valence electrons. The third-order valence-electron chi connectivity index (χ3n) is 6.78. The monoisotopic (exact) mass is 391 g/mol. The van der Waals surface area contributed by atoms with Gasteiger partial charge in [-0.05, 0) is 62.4 Å². The predicted molar refractivity (Wildman–Crippen MR) is 103 cm³/mol. The lowest BCUT2D eigenvalue weighted by atomic mass is 10.0. The van der Waals surface area contributed by atoms with Gasteiger partial charge in [0.25, 0.3) is 0 Å². The number of aromatic nitrogens is 1. The maximum atomic E-state index is 6.45. The SMILES string of the molecule is C=C/C(Cl)=C(\C(Cl)=C/C)c1noc(C2CC2)c1COC1CC2C[C@@]23CC13. The van der Waals surface area contributed by atoms with E-state index in [2.05, 4.69) is 11.7 Å². The van der Waals surface area contributed by atoms with Gasteiger partial charge in [0.05, 0.1) is 17.7 Å². The molecule has 4 atom stereocenters. The lowest BCUT2D eigenvalue weighted by Crippen LogP contribution is -2.15. The number of halogens is 2. The van der Waals surface area contributed by atoms with Crippen molar-refractivity contribution >= 4 is 28.8 Å². The largest absolute Gasteiger partial charge is 0.373 e. The topological polar surface area (TPSA) is 35.3 Å². The number of ether oxygens (including phenoxy) is 1. The van der Waals surface area contributed by atoms with E-state index in [9.17, 15) is 0 Å². The first-order chi connectivity index (χ1) is 12.6. The van der Waals surface area contributed by atoms with Crippen LogP contribution in [0.3, 0.4) is 0 Å². The number of nitrogens with zero attached hydrogens (tertiary/aromatic N) is 1. The molecule has 0 amide bonds. The van der Waals surface area contributed by atoms with Crippen LogP contribution in [-0.4, -0.2) is 11.3 Å². The van der Waals surface area contributed by atoms with Crippen molar-refractivity contribution in [2.45, 2.75) is 57.7 Å². The quantitative estimate of drug-likeness (QED) is 0.523. The van der Waals surface area contributed by atoms with Gasteiger partial charge < -0.3 is 9.26 Å². The Kier molecular flexibility index (Phi) is 3.93. The van der Waals surface area contributed by atoms with Crippen molar-refractivity contribution in [2.75, 3.05) is 0 Å². The average Bonchev–Trinajstić information content (AvgIpc) is 3.58. The molecule has 1 aromatic rings. The van der Waals surface area contributed by atoms with Gasteiger partial charge in [-0.25, -0.2) is 0 Å². The van der Waals surface area contributed by atoms with E-state index in [-0.39, 0.29) is 0 Å². The molecule has 0 saturated heterocycles. The highest BCUT2D eigenvalue weighted by Gasteiger charge is 2.77. The minimum absolute atomic E-state index is 0.392. The van der Waals surface area contributed by atoms with Crippen molar-refractivity contribution in [1.82, 2.24) is 5.16 Å². The second-order valence-electron chi connectivity index (χ2n) is 8.24. The van der Waals surface area contributed by atoms with Gasteiger partial charge in [-0.3, -0.25) is 0 Å². The van der Waals surface area contributed by atoms with E-state index >= 15 is 0 Å². The molecule has 5 rings (SSSR count). The highest BCUT2D eigenvalue weighted by atomic mass is 35.5. The van der Waals surface area contributed by atoms with Gasteiger partial charge in [-0.2, -0.15) is 0 Å². The minimum atomic E-state index is 0.392. The van der Waals surface area contributed by atoms with Gasteiger partial charge in [0.1, 0.15) is 11.5 Å². The molecule has 4 saturated carbocycles. The molecule has 4 fully saturated rings. The fraction of sp³-hybridized carbons (Fsp3) is 0.571. The van der Waals surface area contributed by atoms with Gasteiger partial charge in [-0.15, -0.1) is 0 Å². The van der Waals surface area contributed by atoms with Crippen LogP contribution in [-0.2, 0) is 11.3 Å². The number of hydrogen-bond donors (Lipinski definition) is 0. The summed E-state index contributed by atoms with van der Waals surface area (Å²) in [4.78, 5) is 0. The van der Waals surface area contributed by atoms with Crippen molar-refractivity contribution < 1.29 is 9.26 Å². The van der Waals surface area contributed by atoms with Crippen LogP contribution < -0.4 is 0 Å². The van der Waals surface area contributed by atoms with Crippen LogP contribution in [0.1, 0.15) is 62.0 Å². The van der Waals surface area contributed by atoms with E-state index in [0.29, 0.717) is 45.4 Å². The number of allylic oxidation sites excluding steroid dienone is 5. The first-order valence-corrected chi connectivity index (χ1v) is 10.3. The summed E-state index contributed by atoms with van der Waals surface area (Å²) in [6, 6.07) is 0. The molecule has 26 heavy (non-hydrogen) atoms. The van der Waals surface area contributed by atoms with Crippen LogP contribution in [0.2, 0.25) is 0 Å². The summed E-state index contributed by atoms with van der Waals surface area (Å²) in [7, 11) is 0. The van der Waals surface area contributed by atoms with Gasteiger partial charge >= 0.3 is 0 Å². The Labute approximate surface area is 164 Å². The average molecular weight is 392 g/mol. The van der Waals surface area contributed by atoms with Crippen molar-refractivity contribution in [3.05, 3.63) is 45.8 Å². The third kappa shape index (κ3) is 2.55. The highest BCUT2D eigenvalue weighted by molar-refractivity contribution is 6.42. The van der Waals surface area contributed by atoms with Crippen LogP contribution in [0.4, 0.5) is 0 Å². The molecule has 0 aliphatic heterocycles. The summed E-state index contributed by atoms with van der Waals surface area (Å²) >= 11 is 12.9. The molecule has 0 N–H and O–H groups in total. The van der Waals surface area contributed by atoms with Crippen LogP contribution in [0.25, 0.3) is 5.57 Å². The second kappa shape index (κ2) is 5.98. The van der Waals surface area contributed by atoms with Crippen molar-refractivity contribution in [3.8, 4) is 0 Å². The fourth-order valence-electron chi connectivity index (χ4n) is 5.00. The predicted octanol–water partition coefficient (Wildman–Crippen LogP) is 6.15. The lowest BCUT2D eigenvalue weighted by molar-refractivity contribution is 0.0239. The van der Waals surface area contributed by atoms with E-state index in [4.69, 9.17) is 32.5 Å². The zero-order chi connectivity index (χ0) is 18.1. The summed E-state index contributed by atoms with van der Waals surface area (Å²) in [5, 5.41) is 5.37. The molecule has 0 aromatic carbocycles. The molecule has 3 unspecified atom stereocenters. The summed E-state index contributed by atoms with van der Waals surface area (Å²) in [6.07, 6.45) is 10.1. The summed E-state index contributed by atoms with van der Waals surface area (Å²) in [5.41, 5.74) is 3.08. The minimum Gasteiger partial charge on any atom is -0.373 e. The Morgan fingerprint density at radius 2 is 2.19 bits per heavy atom. The Bertz CT molecular complexity index is 835. The van der Waals surface area contributed by atoms with Crippen molar-refractivity contribution in [2.24, 2.45) is 17.3 Å². The zero-order valence-corrected chi connectivity index (χ0v) is 16.4. The molecule has 0 radical (unpaired) electrons. The molecular weight excluding hydrogens is 369 g/mol. The summed E-state index contributed by atoms with van der Waals surface area (Å²) in [6.45, 7) is 6.18. The normalized spacial score (nSPS) is 35.7. The molecule has 0 bridgehead atoms. The molecule has 3 nitrogen and oxygen atoms in total. The van der Waals surface area contributed by atoms with Crippen LogP contribution in [0.15, 0.2) is 33.3 Å². The van der Waals surface area contributed by atoms with Crippen LogP contribution in [0.5, 0.6) is 0 Å². The molecule has 1 aromatic heterocycles. The fourth-order valence-corrected chi connectivity index (χ4v) is 5.44. The zero-order valence-electron chi connectivity index (χ0n) is 14.9. The van der Waals surface area contributed by atoms with Gasteiger partial charge in [0.2, 0.25) is 0 Å². The molecular formula is C21H23Cl2NO2. The Morgan fingerprint density at radius 3 is 2.77 bits per heavy atom. The number of hydrogen-bond acceptors (Lipinski definition) is 3. The maximum Gasteiger partial charge on any atom is 0.145 e. The van der Waals surface area contributed by atoms with Crippen LogP contribution in [0, 0.1) is 17.3 Å². The molecule has 5 heteroatoms. The number of rotatable bonds is 7. The van der Waals surface area contributed by atoms with E-state index < -0.39 is 0 Å². The van der Waals surface area contributed by atoms with E-state index in [1.807, 2.05) is 13.0 Å². The molecule has 4 aliphatic carbocycles. The van der Waals surface area contributed by atoms with Gasteiger partial charge in [0.15, 0.2) is 0 Å². The molecule has 1 heterocycles. The van der Waals surface area contributed by atoms with Crippen LogP contribution >= 0.6 is 23.2 Å². The highest BCUT2D eigenvalue weighted by Crippen LogP contribution is 2.82. The van der Waals surface area contributed by atoms with E-state index in [1.165, 1.54) is 19.3 Å². The van der Waals surface area contributed by atoms with Crippen molar-refractivity contribution in [1.29, 1.82) is 0 Å². The maximum absolute atomic E-state index is 6.45. The first-order valence-electron chi connectivity index (χ1n) is 9.54. The lowest BCUT2D eigenvalue weighted by Gasteiger charge is -2.16. The smallest absolute Gasteiger partial charge is 0.145 e. The Morgan fingerprint density at radius 1 is 1.38 bits per heavy atom. The van der Waals surface area contributed by atoms with E-state index in [0.717, 1.165) is 36.0 Å². The summed E-state index contributed by atoms with van der Waals surface area (Å²) < 4.78 is 12.1. The Balaban J connectivity index is 1.45. The summed E-state index contributed by atoms with van der Waals surface area (Å²) in [5.74, 6) is 3.10. The Hall–Kier alpha value is -1.03. The first kappa shape index (κ1) is 17.1.